The summed E-state index contributed by atoms with van der Waals surface area (Å²) in [5, 5.41) is 2.68. The number of sulfonamides is 1. The van der Waals surface area contributed by atoms with Gasteiger partial charge in [0.25, 0.3) is 5.91 Å². The number of imide groups is 1. The lowest BCUT2D eigenvalue weighted by molar-refractivity contribution is -0.122. The first-order chi connectivity index (χ1) is 11.3. The smallest absolute Gasteiger partial charge is 0.329 e. The van der Waals surface area contributed by atoms with Crippen LogP contribution in [0.4, 0.5) is 14.9 Å². The summed E-state index contributed by atoms with van der Waals surface area (Å²) in [4.78, 5) is 26.0. The molecule has 0 saturated carbocycles. The van der Waals surface area contributed by atoms with E-state index in [0.29, 0.717) is 12.8 Å². The van der Waals surface area contributed by atoms with Crippen LogP contribution in [0.15, 0.2) is 24.3 Å². The van der Waals surface area contributed by atoms with Crippen molar-refractivity contribution in [1.29, 1.82) is 0 Å². The lowest BCUT2D eigenvalue weighted by atomic mass is 10.1. The van der Waals surface area contributed by atoms with E-state index in [1.165, 1.54) is 16.4 Å². The van der Waals surface area contributed by atoms with Crippen molar-refractivity contribution in [2.24, 2.45) is 0 Å². The first-order valence-corrected chi connectivity index (χ1v) is 9.35. The minimum Gasteiger partial charge on any atom is -0.332 e. The molecular formula is C15H18FN3O4S. The van der Waals surface area contributed by atoms with E-state index in [4.69, 9.17) is 0 Å². The van der Waals surface area contributed by atoms with Crippen molar-refractivity contribution in [3.05, 3.63) is 30.1 Å². The average molecular weight is 355 g/mol. The van der Waals surface area contributed by atoms with Gasteiger partial charge in [0.2, 0.25) is 10.0 Å². The van der Waals surface area contributed by atoms with Crippen LogP contribution >= 0.6 is 0 Å². The molecule has 2 aliphatic heterocycles. The Morgan fingerprint density at radius 3 is 2.54 bits per heavy atom. The number of nitrogens with zero attached hydrogens (tertiary/aromatic N) is 2. The summed E-state index contributed by atoms with van der Waals surface area (Å²) in [5.74, 6) is -1.14. The van der Waals surface area contributed by atoms with Gasteiger partial charge in [-0.25, -0.2) is 22.5 Å². The van der Waals surface area contributed by atoms with Gasteiger partial charge in [-0.15, -0.1) is 0 Å². The maximum absolute atomic E-state index is 13.1. The second kappa shape index (κ2) is 6.14. The third-order valence-corrected chi connectivity index (χ3v) is 6.29. The normalized spacial score (nSPS) is 24.8. The second-order valence-corrected chi connectivity index (χ2v) is 7.91. The average Bonchev–Trinajstić information content (AvgIpc) is 2.94. The summed E-state index contributed by atoms with van der Waals surface area (Å²) in [7, 11) is -3.57. The van der Waals surface area contributed by atoms with Crippen LogP contribution in [0.1, 0.15) is 19.8 Å². The van der Waals surface area contributed by atoms with Gasteiger partial charge in [-0.1, -0.05) is 6.92 Å². The SMILES string of the molecule is CCCS(=O)(=O)N1CC[C@H]2NC(=O)N(c3ccc(F)cc3)C(=O)[C@H]21. The van der Waals surface area contributed by atoms with Crippen molar-refractivity contribution in [2.75, 3.05) is 17.2 Å². The number of halogens is 1. The van der Waals surface area contributed by atoms with Crippen LogP contribution in [0.5, 0.6) is 0 Å². The highest BCUT2D eigenvalue weighted by Gasteiger charge is 2.51. The summed E-state index contributed by atoms with van der Waals surface area (Å²) in [6.07, 6.45) is 0.834. The summed E-state index contributed by atoms with van der Waals surface area (Å²) in [5.41, 5.74) is 0.206. The lowest BCUT2D eigenvalue weighted by Crippen LogP contribution is -2.65. The van der Waals surface area contributed by atoms with E-state index in [-0.39, 0.29) is 18.0 Å². The Labute approximate surface area is 139 Å². The number of hydrogen-bond donors (Lipinski definition) is 1. The van der Waals surface area contributed by atoms with Crippen molar-refractivity contribution in [1.82, 2.24) is 9.62 Å². The molecule has 0 spiro atoms. The molecule has 9 heteroatoms. The van der Waals surface area contributed by atoms with Gasteiger partial charge >= 0.3 is 6.03 Å². The van der Waals surface area contributed by atoms with Gasteiger partial charge in [0.05, 0.1) is 17.5 Å². The number of rotatable bonds is 4. The summed E-state index contributed by atoms with van der Waals surface area (Å²) in [6.45, 7) is 1.95. The van der Waals surface area contributed by atoms with Crippen LogP contribution in [0.2, 0.25) is 0 Å². The van der Waals surface area contributed by atoms with Crippen LogP contribution in [0.3, 0.4) is 0 Å². The van der Waals surface area contributed by atoms with E-state index in [1.807, 2.05) is 0 Å². The number of anilines is 1. The van der Waals surface area contributed by atoms with Crippen LogP contribution in [-0.2, 0) is 14.8 Å². The van der Waals surface area contributed by atoms with E-state index < -0.39 is 39.9 Å². The molecule has 3 amide bonds. The standard InChI is InChI=1S/C15H18FN3O4S/c1-2-9-24(22,23)18-8-7-12-13(18)14(20)19(15(21)17-12)11-5-3-10(16)4-6-11/h3-6,12-13H,2,7-9H2,1H3,(H,17,21)/t12-,13+/m1/s1. The fraction of sp³-hybridized carbons (Fsp3) is 0.467. The molecule has 3 rings (SSSR count). The van der Waals surface area contributed by atoms with Gasteiger partial charge in [0.1, 0.15) is 11.9 Å². The fourth-order valence-corrected chi connectivity index (χ4v) is 4.90. The first-order valence-electron chi connectivity index (χ1n) is 7.74. The van der Waals surface area contributed by atoms with Crippen molar-refractivity contribution in [3.63, 3.8) is 0 Å². The molecule has 0 aromatic heterocycles. The molecule has 130 valence electrons. The van der Waals surface area contributed by atoms with Gasteiger partial charge in [-0.05, 0) is 37.1 Å². The third-order valence-electron chi connectivity index (χ3n) is 4.24. The van der Waals surface area contributed by atoms with Crippen LogP contribution in [0, 0.1) is 5.82 Å². The topological polar surface area (TPSA) is 86.8 Å². The lowest BCUT2D eigenvalue weighted by Gasteiger charge is -2.36. The van der Waals surface area contributed by atoms with E-state index in [0.717, 1.165) is 17.0 Å². The molecule has 7 nitrogen and oxygen atoms in total. The number of carbonyl (C=O) groups excluding carboxylic acids is 2. The van der Waals surface area contributed by atoms with Crippen molar-refractivity contribution < 1.29 is 22.4 Å². The number of fused-ring (bicyclic) bond motifs is 1. The second-order valence-electron chi connectivity index (χ2n) is 5.87. The maximum atomic E-state index is 13.1. The van der Waals surface area contributed by atoms with Gasteiger partial charge in [-0.3, -0.25) is 4.79 Å². The van der Waals surface area contributed by atoms with E-state index in [9.17, 15) is 22.4 Å². The fourth-order valence-electron chi connectivity index (χ4n) is 3.19. The van der Waals surface area contributed by atoms with Crippen molar-refractivity contribution in [2.45, 2.75) is 31.8 Å². The molecule has 0 unspecified atom stereocenters. The minimum atomic E-state index is -3.57. The van der Waals surface area contributed by atoms with Gasteiger partial charge in [0, 0.05) is 6.54 Å². The van der Waals surface area contributed by atoms with Crippen molar-refractivity contribution in [3.8, 4) is 0 Å². The predicted molar refractivity (Wildman–Crippen MR) is 85.4 cm³/mol. The van der Waals surface area contributed by atoms with Gasteiger partial charge in [-0.2, -0.15) is 4.31 Å². The number of benzene rings is 1. The monoisotopic (exact) mass is 355 g/mol. The Morgan fingerprint density at radius 2 is 1.92 bits per heavy atom. The highest BCUT2D eigenvalue weighted by Crippen LogP contribution is 2.29. The number of urea groups is 1. The van der Waals surface area contributed by atoms with Crippen molar-refractivity contribution >= 4 is 27.6 Å². The number of hydrogen-bond acceptors (Lipinski definition) is 4. The van der Waals surface area contributed by atoms with Gasteiger partial charge in [0.15, 0.2) is 0 Å². The Balaban J connectivity index is 1.94. The Kier molecular flexibility index (Phi) is 4.31. The zero-order valence-electron chi connectivity index (χ0n) is 13.1. The van der Waals surface area contributed by atoms with Crippen LogP contribution in [-0.4, -0.2) is 49.0 Å². The highest BCUT2D eigenvalue weighted by molar-refractivity contribution is 7.89. The molecule has 1 N–H and O–H groups in total. The summed E-state index contributed by atoms with van der Waals surface area (Å²) in [6, 6.07) is 2.80. The molecule has 0 radical (unpaired) electrons. The molecule has 2 heterocycles. The Hall–Kier alpha value is -2.00. The number of amides is 3. The zero-order chi connectivity index (χ0) is 17.5. The third kappa shape index (κ3) is 2.78. The number of carbonyl (C=O) groups is 2. The minimum absolute atomic E-state index is 0.0476. The molecule has 0 bridgehead atoms. The molecule has 0 aliphatic carbocycles. The van der Waals surface area contributed by atoms with E-state index >= 15 is 0 Å². The quantitative estimate of drug-likeness (QED) is 0.875. The molecule has 2 aliphatic rings. The van der Waals surface area contributed by atoms with Crippen LogP contribution in [0.25, 0.3) is 0 Å². The van der Waals surface area contributed by atoms with E-state index in [1.54, 1.807) is 6.92 Å². The largest absolute Gasteiger partial charge is 0.332 e. The van der Waals surface area contributed by atoms with E-state index in [2.05, 4.69) is 5.32 Å². The molecule has 1 aromatic rings. The Bertz CT molecular complexity index is 765. The van der Waals surface area contributed by atoms with Gasteiger partial charge < -0.3 is 5.32 Å². The van der Waals surface area contributed by atoms with Crippen LogP contribution < -0.4 is 10.2 Å². The summed E-state index contributed by atoms with van der Waals surface area (Å²) >= 11 is 0. The molecule has 2 atom stereocenters. The molecule has 2 saturated heterocycles. The summed E-state index contributed by atoms with van der Waals surface area (Å²) < 4.78 is 39.0. The Morgan fingerprint density at radius 1 is 1.25 bits per heavy atom. The zero-order valence-corrected chi connectivity index (χ0v) is 13.9. The maximum Gasteiger partial charge on any atom is 0.329 e. The predicted octanol–water partition coefficient (Wildman–Crippen LogP) is 1.06. The molecule has 2 fully saturated rings. The highest BCUT2D eigenvalue weighted by atomic mass is 32.2. The number of nitrogens with one attached hydrogen (secondary N) is 1. The molecule has 24 heavy (non-hydrogen) atoms. The molecule has 1 aromatic carbocycles. The molecular weight excluding hydrogens is 337 g/mol. The first kappa shape index (κ1) is 16.8.